The van der Waals surface area contributed by atoms with Crippen molar-refractivity contribution in [2.45, 2.75) is 12.8 Å². The Hall–Kier alpha value is -5.15. The van der Waals surface area contributed by atoms with E-state index in [0.29, 0.717) is 5.92 Å². The second-order valence-electron chi connectivity index (χ2n) is 10.9. The van der Waals surface area contributed by atoms with E-state index >= 15 is 0 Å². The van der Waals surface area contributed by atoms with E-state index in [1.165, 1.54) is 22.3 Å². The minimum Gasteiger partial charge on any atom is -0.501 e. The van der Waals surface area contributed by atoms with E-state index in [-0.39, 0.29) is 20.1 Å². The molecule has 0 aliphatic rings. The third kappa shape index (κ3) is 6.60. The van der Waals surface area contributed by atoms with Gasteiger partial charge in [-0.1, -0.05) is 115 Å². The van der Waals surface area contributed by atoms with Crippen molar-refractivity contribution in [3.63, 3.8) is 0 Å². The Kier molecular flexibility index (Phi) is 9.59. The Morgan fingerprint density at radius 1 is 0.565 bits per heavy atom. The van der Waals surface area contributed by atoms with Gasteiger partial charge in [0.05, 0.1) is 5.58 Å². The minimum atomic E-state index is 0. The van der Waals surface area contributed by atoms with Gasteiger partial charge in [0.1, 0.15) is 5.58 Å². The summed E-state index contributed by atoms with van der Waals surface area (Å²) in [6.07, 6.45) is 3.68. The van der Waals surface area contributed by atoms with Crippen molar-refractivity contribution in [2.75, 3.05) is 0 Å². The number of nitrogens with zero attached hydrogens (tertiary/aromatic N) is 2. The first kappa shape index (κ1) is 30.9. The molecule has 0 amide bonds. The molecular formula is C42H30IrN2O-2. The molecule has 3 aromatic heterocycles. The van der Waals surface area contributed by atoms with E-state index < -0.39 is 0 Å². The molecule has 0 fully saturated rings. The average molecular weight is 771 g/mol. The molecule has 0 aliphatic heterocycles. The first-order valence-corrected chi connectivity index (χ1v) is 15.1. The van der Waals surface area contributed by atoms with Crippen LogP contribution in [0.15, 0.2) is 162 Å². The summed E-state index contributed by atoms with van der Waals surface area (Å²) in [4.78, 5) is 8.97. The van der Waals surface area contributed by atoms with Crippen molar-refractivity contribution in [1.82, 2.24) is 9.97 Å². The molecule has 0 aliphatic carbocycles. The van der Waals surface area contributed by atoms with Gasteiger partial charge in [0, 0.05) is 43.8 Å². The summed E-state index contributed by atoms with van der Waals surface area (Å²) < 4.78 is 6.15. The molecule has 1 unspecified atom stereocenters. The normalized spacial score (nSPS) is 11.3. The van der Waals surface area contributed by atoms with Gasteiger partial charge in [-0.2, -0.15) is 0 Å². The molecule has 0 N–H and O–H groups in total. The number of furan rings is 1. The summed E-state index contributed by atoms with van der Waals surface area (Å²) in [5.74, 6) is 0.294. The predicted octanol–water partition coefficient (Wildman–Crippen LogP) is 10.8. The summed E-state index contributed by atoms with van der Waals surface area (Å²) in [5, 5.41) is 2.22. The number of benzene rings is 5. The topological polar surface area (TPSA) is 38.9 Å². The SMILES string of the molecule is CC(c1ccccc1)c1ccnc(-c2[c-]ccc3c2oc2ccccc23)c1.[Ir].[c-]1ccc(-c2ccccc2)cc1-c1ccccn1. The molecule has 8 aromatic rings. The third-order valence-corrected chi connectivity index (χ3v) is 8.03. The van der Waals surface area contributed by atoms with Crippen LogP contribution in [0.4, 0.5) is 0 Å². The van der Waals surface area contributed by atoms with Crippen molar-refractivity contribution in [3.05, 3.63) is 181 Å². The van der Waals surface area contributed by atoms with Gasteiger partial charge in [0.2, 0.25) is 0 Å². The molecule has 1 radical (unpaired) electrons. The number of fused-ring (bicyclic) bond motifs is 3. The summed E-state index contributed by atoms with van der Waals surface area (Å²) in [6.45, 7) is 2.22. The number of aromatic nitrogens is 2. The summed E-state index contributed by atoms with van der Waals surface area (Å²) in [5.41, 5.74) is 10.4. The standard InChI is InChI=1S/C25H18NO.C17H12N.Ir/c1-17(18-8-3-2-4-9-18)19-14-15-26-23(16-19)22-12-7-11-21-20-10-5-6-13-24(20)27-25(21)22;1-2-7-14(8-3-1)15-9-6-10-16(13-15)17-11-4-5-12-18-17;/h2-11,13-17H,1H3;1-9,11-13H;/q2*-1;. The van der Waals surface area contributed by atoms with Gasteiger partial charge < -0.3 is 14.4 Å². The summed E-state index contributed by atoms with van der Waals surface area (Å²) in [6, 6.07) is 55.9. The fourth-order valence-corrected chi connectivity index (χ4v) is 5.61. The molecule has 0 saturated carbocycles. The number of para-hydroxylation sites is 1. The van der Waals surface area contributed by atoms with Gasteiger partial charge >= 0.3 is 0 Å². The van der Waals surface area contributed by atoms with E-state index in [1.807, 2.05) is 79.0 Å². The van der Waals surface area contributed by atoms with Crippen LogP contribution in [0.25, 0.3) is 55.6 Å². The third-order valence-electron chi connectivity index (χ3n) is 8.03. The van der Waals surface area contributed by atoms with Crippen molar-refractivity contribution in [3.8, 4) is 33.6 Å². The van der Waals surface area contributed by atoms with E-state index in [4.69, 9.17) is 4.42 Å². The average Bonchev–Trinajstić information content (AvgIpc) is 3.52. The van der Waals surface area contributed by atoms with Gasteiger partial charge in [-0.15, -0.1) is 53.6 Å². The van der Waals surface area contributed by atoms with Crippen LogP contribution in [0.3, 0.4) is 0 Å². The second kappa shape index (κ2) is 14.3. The van der Waals surface area contributed by atoms with Gasteiger partial charge in [0.15, 0.2) is 0 Å². The Morgan fingerprint density at radius 3 is 2.09 bits per heavy atom. The van der Waals surface area contributed by atoms with E-state index in [9.17, 15) is 0 Å². The zero-order chi connectivity index (χ0) is 30.4. The molecule has 4 heteroatoms. The van der Waals surface area contributed by atoms with Crippen LogP contribution in [0.2, 0.25) is 0 Å². The molecule has 0 bridgehead atoms. The zero-order valence-electron chi connectivity index (χ0n) is 25.2. The number of rotatable bonds is 5. The Bertz CT molecular complexity index is 2120. The van der Waals surface area contributed by atoms with Crippen molar-refractivity contribution in [1.29, 1.82) is 0 Å². The maximum Gasteiger partial charge on any atom is 0.120 e. The van der Waals surface area contributed by atoms with Crippen molar-refractivity contribution in [2.24, 2.45) is 0 Å². The first-order valence-electron chi connectivity index (χ1n) is 15.1. The summed E-state index contributed by atoms with van der Waals surface area (Å²) >= 11 is 0. The Morgan fingerprint density at radius 2 is 1.28 bits per heavy atom. The molecule has 0 spiro atoms. The molecule has 3 heterocycles. The van der Waals surface area contributed by atoms with Crippen LogP contribution in [0.5, 0.6) is 0 Å². The fraction of sp³-hybridized carbons (Fsp3) is 0.0476. The molecule has 8 rings (SSSR count). The Labute approximate surface area is 283 Å². The number of pyridine rings is 2. The van der Waals surface area contributed by atoms with Crippen LogP contribution >= 0.6 is 0 Å². The largest absolute Gasteiger partial charge is 0.501 e. The van der Waals surface area contributed by atoms with Crippen LogP contribution in [0, 0.1) is 12.1 Å². The van der Waals surface area contributed by atoms with Gasteiger partial charge in [0.25, 0.3) is 0 Å². The predicted molar refractivity (Wildman–Crippen MR) is 184 cm³/mol. The Balaban J connectivity index is 0.000000171. The quantitative estimate of drug-likeness (QED) is 0.164. The minimum absolute atomic E-state index is 0. The molecular weight excluding hydrogens is 741 g/mol. The van der Waals surface area contributed by atoms with Crippen LogP contribution in [0.1, 0.15) is 24.0 Å². The molecule has 5 aromatic carbocycles. The second-order valence-corrected chi connectivity index (χ2v) is 10.9. The van der Waals surface area contributed by atoms with Crippen LogP contribution in [-0.4, -0.2) is 9.97 Å². The van der Waals surface area contributed by atoms with Crippen molar-refractivity contribution >= 4 is 21.9 Å². The van der Waals surface area contributed by atoms with E-state index in [2.05, 4.69) is 102 Å². The number of hydrogen-bond acceptors (Lipinski definition) is 3. The van der Waals surface area contributed by atoms with Crippen LogP contribution < -0.4 is 0 Å². The van der Waals surface area contributed by atoms with Gasteiger partial charge in [-0.3, -0.25) is 0 Å². The summed E-state index contributed by atoms with van der Waals surface area (Å²) in [7, 11) is 0. The molecule has 46 heavy (non-hydrogen) atoms. The van der Waals surface area contributed by atoms with Crippen LogP contribution in [-0.2, 0) is 20.1 Å². The molecule has 3 nitrogen and oxygen atoms in total. The van der Waals surface area contributed by atoms with Crippen molar-refractivity contribution < 1.29 is 24.5 Å². The molecule has 225 valence electrons. The van der Waals surface area contributed by atoms with Gasteiger partial charge in [-0.05, 0) is 46.3 Å². The maximum atomic E-state index is 6.15. The number of hydrogen-bond donors (Lipinski definition) is 0. The molecule has 1 atom stereocenters. The van der Waals surface area contributed by atoms with E-state index in [1.54, 1.807) is 6.20 Å². The molecule has 0 saturated heterocycles. The monoisotopic (exact) mass is 771 g/mol. The zero-order valence-corrected chi connectivity index (χ0v) is 27.6. The van der Waals surface area contributed by atoms with E-state index in [0.717, 1.165) is 44.5 Å². The maximum absolute atomic E-state index is 6.15. The van der Waals surface area contributed by atoms with Gasteiger partial charge in [-0.25, -0.2) is 0 Å². The fourth-order valence-electron chi connectivity index (χ4n) is 5.61. The first-order chi connectivity index (χ1) is 22.2. The smallest absolute Gasteiger partial charge is 0.120 e.